The molecular formula is C14H19N3O. The molecule has 1 saturated heterocycles. The largest absolute Gasteiger partial charge is 0.441 e. The van der Waals surface area contributed by atoms with E-state index in [1.165, 1.54) is 5.56 Å². The third kappa shape index (κ3) is 2.54. The Morgan fingerprint density at radius 3 is 3.11 bits per heavy atom. The molecule has 1 aromatic carbocycles. The molecule has 1 aromatic heterocycles. The van der Waals surface area contributed by atoms with Gasteiger partial charge in [0, 0.05) is 26.6 Å². The second-order valence-corrected chi connectivity index (χ2v) is 5.01. The van der Waals surface area contributed by atoms with Gasteiger partial charge in [-0.1, -0.05) is 6.07 Å². The summed E-state index contributed by atoms with van der Waals surface area (Å²) in [6, 6.07) is 6.26. The molecule has 4 nitrogen and oxygen atoms in total. The number of hydrogen-bond acceptors (Lipinski definition) is 4. The van der Waals surface area contributed by atoms with Crippen LogP contribution in [0.1, 0.15) is 11.5 Å². The Bertz CT molecular complexity index is 531. The Morgan fingerprint density at radius 1 is 1.44 bits per heavy atom. The Balaban J connectivity index is 1.53. The van der Waals surface area contributed by atoms with Gasteiger partial charge in [-0.05, 0) is 36.6 Å². The fourth-order valence-electron chi connectivity index (χ4n) is 2.28. The van der Waals surface area contributed by atoms with Crippen LogP contribution in [0.15, 0.2) is 22.6 Å². The second-order valence-electron chi connectivity index (χ2n) is 5.01. The summed E-state index contributed by atoms with van der Waals surface area (Å²) >= 11 is 0. The number of rotatable bonds is 5. The van der Waals surface area contributed by atoms with Gasteiger partial charge in [0.1, 0.15) is 5.52 Å². The van der Waals surface area contributed by atoms with Gasteiger partial charge in [-0.3, -0.25) is 0 Å². The zero-order valence-corrected chi connectivity index (χ0v) is 10.7. The van der Waals surface area contributed by atoms with Crippen molar-refractivity contribution in [3.05, 3.63) is 29.7 Å². The van der Waals surface area contributed by atoms with Crippen molar-refractivity contribution < 1.29 is 4.42 Å². The molecule has 0 spiro atoms. The molecule has 0 radical (unpaired) electrons. The normalized spacial score (nSPS) is 16.1. The number of nitrogens with zero attached hydrogens (tertiary/aromatic N) is 1. The van der Waals surface area contributed by atoms with Crippen molar-refractivity contribution in [1.82, 2.24) is 15.6 Å². The highest BCUT2D eigenvalue weighted by Gasteiger charge is 2.15. The lowest BCUT2D eigenvalue weighted by atomic mass is 10.0. The highest BCUT2D eigenvalue weighted by Crippen LogP contribution is 2.16. The highest BCUT2D eigenvalue weighted by atomic mass is 16.3. The number of fused-ring (bicyclic) bond motifs is 1. The third-order valence-corrected chi connectivity index (χ3v) is 3.45. The molecule has 18 heavy (non-hydrogen) atoms. The van der Waals surface area contributed by atoms with Crippen molar-refractivity contribution in [3.8, 4) is 0 Å². The van der Waals surface area contributed by atoms with Crippen molar-refractivity contribution in [3.63, 3.8) is 0 Å². The van der Waals surface area contributed by atoms with Gasteiger partial charge >= 0.3 is 0 Å². The number of nitrogens with one attached hydrogen (secondary N) is 2. The van der Waals surface area contributed by atoms with Crippen molar-refractivity contribution in [2.45, 2.75) is 13.3 Å². The van der Waals surface area contributed by atoms with E-state index in [1.807, 2.05) is 13.0 Å². The topological polar surface area (TPSA) is 50.1 Å². The first-order chi connectivity index (χ1) is 8.81. The molecule has 0 atom stereocenters. The van der Waals surface area contributed by atoms with Gasteiger partial charge in [0.15, 0.2) is 11.5 Å². The number of hydrogen-bond donors (Lipinski definition) is 2. The predicted octanol–water partition coefficient (Wildman–Crippen LogP) is 1.49. The van der Waals surface area contributed by atoms with Gasteiger partial charge in [0.25, 0.3) is 0 Å². The molecule has 0 saturated carbocycles. The van der Waals surface area contributed by atoms with Crippen LogP contribution in [-0.2, 0) is 6.42 Å². The summed E-state index contributed by atoms with van der Waals surface area (Å²) in [5.74, 6) is 1.56. The smallest absolute Gasteiger partial charge is 0.192 e. The molecule has 1 aliphatic rings. The lowest BCUT2D eigenvalue weighted by molar-refractivity contribution is 0.333. The van der Waals surface area contributed by atoms with Crippen LogP contribution in [0.2, 0.25) is 0 Å². The highest BCUT2D eigenvalue weighted by molar-refractivity contribution is 5.73. The van der Waals surface area contributed by atoms with Crippen LogP contribution in [0.4, 0.5) is 0 Å². The van der Waals surface area contributed by atoms with Crippen LogP contribution in [0.25, 0.3) is 11.1 Å². The maximum Gasteiger partial charge on any atom is 0.192 e. The molecule has 96 valence electrons. The van der Waals surface area contributed by atoms with Gasteiger partial charge in [-0.25, -0.2) is 4.98 Å². The SMILES string of the molecule is Cc1nc2cc(CCNCC3CNC3)ccc2o1. The molecule has 1 aliphatic heterocycles. The van der Waals surface area contributed by atoms with Gasteiger partial charge in [0.2, 0.25) is 0 Å². The zero-order chi connectivity index (χ0) is 12.4. The van der Waals surface area contributed by atoms with Crippen LogP contribution in [0.3, 0.4) is 0 Å². The first kappa shape index (κ1) is 11.7. The van der Waals surface area contributed by atoms with Crippen molar-refractivity contribution in [2.75, 3.05) is 26.2 Å². The molecule has 1 fully saturated rings. The number of oxazole rings is 1. The van der Waals surface area contributed by atoms with E-state index in [0.717, 1.165) is 55.5 Å². The minimum atomic E-state index is 0.734. The Labute approximate surface area is 107 Å². The Kier molecular flexibility index (Phi) is 3.30. The zero-order valence-electron chi connectivity index (χ0n) is 10.7. The predicted molar refractivity (Wildman–Crippen MR) is 71.7 cm³/mol. The average Bonchev–Trinajstić information content (AvgIpc) is 2.65. The standard InChI is InChI=1S/C14H19N3O/c1-10-17-13-6-11(2-3-14(13)18-10)4-5-15-7-12-8-16-9-12/h2-3,6,12,15-16H,4-5,7-9H2,1H3. The van der Waals surface area contributed by atoms with E-state index in [2.05, 4.69) is 27.8 Å². The molecule has 2 aromatic rings. The van der Waals surface area contributed by atoms with Crippen LogP contribution in [0.5, 0.6) is 0 Å². The lowest BCUT2D eigenvalue weighted by Gasteiger charge is -2.27. The molecule has 4 heteroatoms. The molecule has 2 N–H and O–H groups in total. The summed E-state index contributed by atoms with van der Waals surface area (Å²) in [5.41, 5.74) is 3.16. The summed E-state index contributed by atoms with van der Waals surface area (Å²) in [4.78, 5) is 4.36. The van der Waals surface area contributed by atoms with E-state index in [9.17, 15) is 0 Å². The van der Waals surface area contributed by atoms with Crippen molar-refractivity contribution in [2.24, 2.45) is 5.92 Å². The van der Waals surface area contributed by atoms with Crippen LogP contribution >= 0.6 is 0 Å². The lowest BCUT2D eigenvalue weighted by Crippen LogP contribution is -2.47. The third-order valence-electron chi connectivity index (χ3n) is 3.45. The summed E-state index contributed by atoms with van der Waals surface area (Å²) in [5, 5.41) is 6.79. The summed E-state index contributed by atoms with van der Waals surface area (Å²) in [7, 11) is 0. The summed E-state index contributed by atoms with van der Waals surface area (Å²) in [6.07, 6.45) is 1.04. The van der Waals surface area contributed by atoms with E-state index in [4.69, 9.17) is 4.42 Å². The van der Waals surface area contributed by atoms with E-state index in [0.29, 0.717) is 0 Å². The van der Waals surface area contributed by atoms with Gasteiger partial charge in [0.05, 0.1) is 0 Å². The summed E-state index contributed by atoms with van der Waals surface area (Å²) in [6.45, 7) is 6.36. The Morgan fingerprint density at radius 2 is 2.33 bits per heavy atom. The first-order valence-corrected chi connectivity index (χ1v) is 6.59. The first-order valence-electron chi connectivity index (χ1n) is 6.59. The van der Waals surface area contributed by atoms with Crippen LogP contribution in [-0.4, -0.2) is 31.2 Å². The molecular weight excluding hydrogens is 226 g/mol. The number of aromatic nitrogens is 1. The monoisotopic (exact) mass is 245 g/mol. The van der Waals surface area contributed by atoms with Crippen LogP contribution < -0.4 is 10.6 Å². The molecule has 0 amide bonds. The molecule has 3 rings (SSSR count). The molecule has 2 heterocycles. The molecule has 0 bridgehead atoms. The van der Waals surface area contributed by atoms with Gasteiger partial charge in [-0.2, -0.15) is 0 Å². The maximum absolute atomic E-state index is 5.47. The van der Waals surface area contributed by atoms with E-state index in [-0.39, 0.29) is 0 Å². The fourth-order valence-corrected chi connectivity index (χ4v) is 2.28. The van der Waals surface area contributed by atoms with Crippen LogP contribution in [0, 0.1) is 12.8 Å². The molecule has 0 aliphatic carbocycles. The minimum Gasteiger partial charge on any atom is -0.441 e. The summed E-state index contributed by atoms with van der Waals surface area (Å²) < 4.78 is 5.47. The van der Waals surface area contributed by atoms with Crippen molar-refractivity contribution >= 4 is 11.1 Å². The van der Waals surface area contributed by atoms with E-state index in [1.54, 1.807) is 0 Å². The minimum absolute atomic E-state index is 0.734. The maximum atomic E-state index is 5.47. The number of aryl methyl sites for hydroxylation is 1. The van der Waals surface area contributed by atoms with E-state index >= 15 is 0 Å². The Hall–Kier alpha value is -1.39. The van der Waals surface area contributed by atoms with Crippen molar-refractivity contribution in [1.29, 1.82) is 0 Å². The van der Waals surface area contributed by atoms with Gasteiger partial charge < -0.3 is 15.1 Å². The van der Waals surface area contributed by atoms with E-state index < -0.39 is 0 Å². The second kappa shape index (κ2) is 5.08. The molecule has 0 unspecified atom stereocenters. The quantitative estimate of drug-likeness (QED) is 0.784. The van der Waals surface area contributed by atoms with Gasteiger partial charge in [-0.15, -0.1) is 0 Å². The number of benzene rings is 1. The average molecular weight is 245 g/mol. The fraction of sp³-hybridized carbons (Fsp3) is 0.500.